The van der Waals surface area contributed by atoms with Crippen molar-refractivity contribution in [3.8, 4) is 33.6 Å². The summed E-state index contributed by atoms with van der Waals surface area (Å²) in [7, 11) is 0. The van der Waals surface area contributed by atoms with Crippen LogP contribution in [-0.4, -0.2) is 4.98 Å². The minimum absolute atomic E-state index is 0.408. The van der Waals surface area contributed by atoms with Crippen LogP contribution >= 0.6 is 0 Å². The Bertz CT molecular complexity index is 1700. The van der Waals surface area contributed by atoms with Crippen LogP contribution < -0.4 is 0 Å². The molecule has 0 N–H and O–H groups in total. The molecule has 1 nitrogen and oxygen atoms in total. The van der Waals surface area contributed by atoms with E-state index in [2.05, 4.69) is 113 Å². The number of aryl methyl sites for hydroxylation is 2. The van der Waals surface area contributed by atoms with Crippen molar-refractivity contribution in [2.75, 3.05) is 0 Å². The zero-order valence-corrected chi connectivity index (χ0v) is 22.9. The van der Waals surface area contributed by atoms with Crippen molar-refractivity contribution in [2.45, 2.75) is 59.3 Å². The first kappa shape index (κ1) is 23.4. The van der Waals surface area contributed by atoms with Crippen molar-refractivity contribution in [1.82, 2.24) is 4.98 Å². The molecule has 1 fully saturated rings. The fourth-order valence-electron chi connectivity index (χ4n) is 7.02. The molecule has 38 heavy (non-hydrogen) atoms. The van der Waals surface area contributed by atoms with E-state index in [1.165, 1.54) is 80.1 Å². The van der Waals surface area contributed by atoms with Gasteiger partial charge in [0.25, 0.3) is 0 Å². The first-order chi connectivity index (χ1) is 18.4. The van der Waals surface area contributed by atoms with Crippen LogP contribution in [0.2, 0.25) is 0 Å². The molecule has 7 rings (SSSR count). The number of rotatable bonds is 3. The lowest BCUT2D eigenvalue weighted by Crippen LogP contribution is -2.05. The fraction of sp³-hybridized carbons (Fsp3) is 0.270. The van der Waals surface area contributed by atoms with Gasteiger partial charge in [-0.05, 0) is 102 Å². The third-order valence-corrected chi connectivity index (χ3v) is 8.99. The van der Waals surface area contributed by atoms with Gasteiger partial charge in [-0.2, -0.15) is 0 Å². The number of benzene rings is 4. The number of aromatic nitrogens is 1. The second kappa shape index (κ2) is 8.67. The number of nitrogens with zero attached hydrogens (tertiary/aromatic N) is 1. The Labute approximate surface area is 226 Å². The lowest BCUT2D eigenvalue weighted by Gasteiger charge is -2.20. The fourth-order valence-corrected chi connectivity index (χ4v) is 7.02. The molecule has 188 valence electrons. The predicted molar refractivity (Wildman–Crippen MR) is 161 cm³/mol. The van der Waals surface area contributed by atoms with Crippen molar-refractivity contribution in [3.63, 3.8) is 0 Å². The zero-order valence-electron chi connectivity index (χ0n) is 22.9. The summed E-state index contributed by atoms with van der Waals surface area (Å²) in [6, 6.07) is 31.8. The average molecular weight is 494 g/mol. The lowest BCUT2D eigenvalue weighted by atomic mass is 9.85. The Morgan fingerprint density at radius 3 is 2.32 bits per heavy atom. The number of pyridine rings is 1. The summed E-state index contributed by atoms with van der Waals surface area (Å²) in [6.07, 6.45) is 4.77. The van der Waals surface area contributed by atoms with Gasteiger partial charge in [-0.15, -0.1) is 0 Å². The molecule has 5 aromatic rings. The Morgan fingerprint density at radius 2 is 1.53 bits per heavy atom. The van der Waals surface area contributed by atoms with E-state index in [0.29, 0.717) is 11.3 Å². The Morgan fingerprint density at radius 1 is 0.737 bits per heavy atom. The maximum atomic E-state index is 5.45. The Hall–Kier alpha value is -3.71. The molecule has 0 saturated heterocycles. The third-order valence-electron chi connectivity index (χ3n) is 8.99. The van der Waals surface area contributed by atoms with Gasteiger partial charge in [-0.3, -0.25) is 0 Å². The van der Waals surface area contributed by atoms with E-state index in [0.717, 1.165) is 17.8 Å². The van der Waals surface area contributed by atoms with Gasteiger partial charge in [-0.25, -0.2) is 4.98 Å². The highest BCUT2D eigenvalue weighted by Gasteiger charge is 2.33. The summed E-state index contributed by atoms with van der Waals surface area (Å²) < 4.78 is 0. The van der Waals surface area contributed by atoms with Crippen LogP contribution in [0.1, 0.15) is 66.8 Å². The molecular formula is C37H35N. The van der Waals surface area contributed by atoms with Crippen LogP contribution in [0.3, 0.4) is 0 Å². The molecule has 2 aliphatic carbocycles. The summed E-state index contributed by atoms with van der Waals surface area (Å²) in [6.45, 7) is 9.23. The maximum Gasteiger partial charge on any atom is 0.0791 e. The summed E-state index contributed by atoms with van der Waals surface area (Å²) in [5, 5.41) is 2.66. The standard InChI is InChI=1S/C37H35N/c1-23-12-14-25(15-13-23)35-21-33-29(27-16-17-37(3,4)22-27)10-7-11-30(33)36(38-35)34-19-24(2)18-31-28-9-6-5-8-26(28)20-32(31)34/h5-15,18-19,21,27H,16-17,20,22H2,1-4H3. The highest BCUT2D eigenvalue weighted by atomic mass is 14.7. The SMILES string of the molecule is Cc1ccc(-c2cc3c(C4CCC(C)(C)C4)cccc3c(-c3cc(C)cc4c3Cc3ccccc3-4)n2)cc1. The van der Waals surface area contributed by atoms with Crippen molar-refractivity contribution >= 4 is 10.8 Å². The first-order valence-electron chi connectivity index (χ1n) is 14.1. The van der Waals surface area contributed by atoms with Gasteiger partial charge in [0.15, 0.2) is 0 Å². The van der Waals surface area contributed by atoms with Gasteiger partial charge in [0.05, 0.1) is 11.4 Å². The molecule has 0 spiro atoms. The largest absolute Gasteiger partial charge is 0.247 e. The highest BCUT2D eigenvalue weighted by molar-refractivity contribution is 6.01. The van der Waals surface area contributed by atoms with Gasteiger partial charge in [0.1, 0.15) is 0 Å². The van der Waals surface area contributed by atoms with Gasteiger partial charge in [0.2, 0.25) is 0 Å². The van der Waals surface area contributed by atoms with Crippen LogP contribution in [0.4, 0.5) is 0 Å². The van der Waals surface area contributed by atoms with E-state index < -0.39 is 0 Å². The maximum absolute atomic E-state index is 5.45. The summed E-state index contributed by atoms with van der Waals surface area (Å²) in [5.41, 5.74) is 14.7. The Kier molecular flexibility index (Phi) is 5.34. The van der Waals surface area contributed by atoms with Crippen LogP contribution in [0.5, 0.6) is 0 Å². The van der Waals surface area contributed by atoms with Crippen LogP contribution in [0, 0.1) is 19.3 Å². The topological polar surface area (TPSA) is 12.9 Å². The van der Waals surface area contributed by atoms with Crippen molar-refractivity contribution < 1.29 is 0 Å². The number of hydrogen-bond acceptors (Lipinski definition) is 1. The molecule has 0 aliphatic heterocycles. The van der Waals surface area contributed by atoms with Crippen molar-refractivity contribution in [2.24, 2.45) is 5.41 Å². The first-order valence-corrected chi connectivity index (χ1v) is 14.1. The minimum atomic E-state index is 0.408. The second-order valence-electron chi connectivity index (χ2n) is 12.4. The molecule has 1 unspecified atom stereocenters. The van der Waals surface area contributed by atoms with Crippen molar-refractivity contribution in [1.29, 1.82) is 0 Å². The van der Waals surface area contributed by atoms with Crippen LogP contribution in [-0.2, 0) is 6.42 Å². The molecular weight excluding hydrogens is 458 g/mol. The van der Waals surface area contributed by atoms with E-state index in [4.69, 9.17) is 4.98 Å². The van der Waals surface area contributed by atoms with Crippen molar-refractivity contribution in [3.05, 3.63) is 113 Å². The van der Waals surface area contributed by atoms with E-state index in [1.54, 1.807) is 0 Å². The summed E-state index contributed by atoms with van der Waals surface area (Å²) in [4.78, 5) is 5.45. The van der Waals surface area contributed by atoms with Crippen LogP contribution in [0.15, 0.2) is 84.9 Å². The van der Waals surface area contributed by atoms with Gasteiger partial charge >= 0.3 is 0 Å². The zero-order chi connectivity index (χ0) is 26.0. The minimum Gasteiger partial charge on any atom is -0.247 e. The normalized spacial score (nSPS) is 17.5. The number of fused-ring (bicyclic) bond motifs is 4. The third kappa shape index (κ3) is 3.88. The smallest absolute Gasteiger partial charge is 0.0791 e. The van der Waals surface area contributed by atoms with E-state index >= 15 is 0 Å². The molecule has 0 amide bonds. The van der Waals surface area contributed by atoms with Gasteiger partial charge in [0, 0.05) is 16.5 Å². The van der Waals surface area contributed by atoms with Gasteiger partial charge in [-0.1, -0.05) is 92.2 Å². The summed E-state index contributed by atoms with van der Waals surface area (Å²) >= 11 is 0. The van der Waals surface area contributed by atoms with Crippen LogP contribution in [0.25, 0.3) is 44.4 Å². The monoisotopic (exact) mass is 493 g/mol. The molecule has 1 heteroatoms. The molecule has 1 aromatic heterocycles. The Balaban J connectivity index is 1.50. The molecule has 2 aliphatic rings. The highest BCUT2D eigenvalue weighted by Crippen LogP contribution is 2.49. The molecule has 1 heterocycles. The molecule has 0 radical (unpaired) electrons. The number of hydrogen-bond donors (Lipinski definition) is 0. The van der Waals surface area contributed by atoms with E-state index in [-0.39, 0.29) is 0 Å². The van der Waals surface area contributed by atoms with Gasteiger partial charge < -0.3 is 0 Å². The van der Waals surface area contributed by atoms with E-state index in [9.17, 15) is 0 Å². The second-order valence-corrected chi connectivity index (χ2v) is 12.4. The lowest BCUT2D eigenvalue weighted by molar-refractivity contribution is 0.376. The predicted octanol–water partition coefficient (Wildman–Crippen LogP) is 10.1. The van der Waals surface area contributed by atoms with E-state index in [1.807, 2.05) is 0 Å². The molecule has 1 saturated carbocycles. The molecule has 0 bridgehead atoms. The quantitative estimate of drug-likeness (QED) is 0.239. The average Bonchev–Trinajstić information content (AvgIpc) is 3.47. The molecule has 1 atom stereocenters. The molecule has 4 aromatic carbocycles. The summed E-state index contributed by atoms with van der Waals surface area (Å²) in [5.74, 6) is 0.599.